The van der Waals surface area contributed by atoms with E-state index in [9.17, 15) is 9.59 Å². The molecule has 3 rings (SSSR count). The van der Waals surface area contributed by atoms with Crippen molar-refractivity contribution < 1.29 is 9.59 Å². The summed E-state index contributed by atoms with van der Waals surface area (Å²) in [4.78, 5) is 31.0. The average molecular weight is 344 g/mol. The molecule has 0 bridgehead atoms. The number of fused-ring (bicyclic) bond motifs is 1. The van der Waals surface area contributed by atoms with Crippen LogP contribution >= 0.6 is 0 Å². The molecule has 2 aromatic heterocycles. The molecule has 8 nitrogen and oxygen atoms in total. The smallest absolute Gasteiger partial charge is 0.314 e. The minimum atomic E-state index is -0.665. The van der Waals surface area contributed by atoms with Crippen LogP contribution in [0, 0.1) is 5.92 Å². The van der Waals surface area contributed by atoms with Gasteiger partial charge in [-0.15, -0.1) is 0 Å². The number of nitrogen functional groups attached to an aromatic ring is 1. The second kappa shape index (κ2) is 7.08. The summed E-state index contributed by atoms with van der Waals surface area (Å²) in [5.74, 6) is -0.368. The number of carbonyl (C=O) groups excluding carboxylic acids is 2. The number of nitrogens with zero attached hydrogens (tertiary/aromatic N) is 3. The van der Waals surface area contributed by atoms with Crippen molar-refractivity contribution in [1.29, 1.82) is 0 Å². The van der Waals surface area contributed by atoms with Gasteiger partial charge in [0, 0.05) is 12.6 Å². The van der Waals surface area contributed by atoms with Gasteiger partial charge in [0.2, 0.25) is 0 Å². The van der Waals surface area contributed by atoms with Crippen LogP contribution in [-0.4, -0.2) is 44.5 Å². The molecule has 0 aromatic carbocycles. The van der Waals surface area contributed by atoms with E-state index in [2.05, 4.69) is 20.5 Å². The highest BCUT2D eigenvalue weighted by Crippen LogP contribution is 2.32. The van der Waals surface area contributed by atoms with Crippen LogP contribution in [0.15, 0.2) is 12.4 Å². The first-order chi connectivity index (χ1) is 12.0. The lowest BCUT2D eigenvalue weighted by Crippen LogP contribution is -2.49. The van der Waals surface area contributed by atoms with Crippen molar-refractivity contribution in [2.24, 2.45) is 5.92 Å². The number of hydrogen-bond acceptors (Lipinski definition) is 5. The maximum atomic E-state index is 12.7. The number of rotatable bonds is 5. The highest BCUT2D eigenvalue weighted by Gasteiger charge is 2.33. The third kappa shape index (κ3) is 3.29. The molecule has 1 aliphatic carbocycles. The van der Waals surface area contributed by atoms with Crippen molar-refractivity contribution >= 4 is 34.2 Å². The Labute approximate surface area is 146 Å². The fraction of sp³-hybridized carbons (Fsp3) is 0.529. The van der Waals surface area contributed by atoms with Crippen LogP contribution in [0.5, 0.6) is 0 Å². The summed E-state index contributed by atoms with van der Waals surface area (Å²) >= 11 is 0. The molecule has 1 unspecified atom stereocenters. The van der Waals surface area contributed by atoms with Gasteiger partial charge in [0.15, 0.2) is 0 Å². The van der Waals surface area contributed by atoms with Gasteiger partial charge in [-0.1, -0.05) is 13.3 Å². The Morgan fingerprint density at radius 2 is 2.20 bits per heavy atom. The SMILES string of the molecule is CCCN(C(=O)C(=O)Nc1cnc(N)c2cn[nH]c12)C(C)C1CCC1. The monoisotopic (exact) mass is 344 g/mol. The van der Waals surface area contributed by atoms with E-state index in [-0.39, 0.29) is 6.04 Å². The molecule has 1 fully saturated rings. The lowest BCUT2D eigenvalue weighted by molar-refractivity contribution is -0.145. The fourth-order valence-corrected chi connectivity index (χ4v) is 3.26. The first-order valence-corrected chi connectivity index (χ1v) is 8.72. The van der Waals surface area contributed by atoms with Crippen LogP contribution in [0.2, 0.25) is 0 Å². The first-order valence-electron chi connectivity index (χ1n) is 8.72. The van der Waals surface area contributed by atoms with Gasteiger partial charge in [-0.3, -0.25) is 14.7 Å². The van der Waals surface area contributed by atoms with Gasteiger partial charge in [0.1, 0.15) is 5.82 Å². The molecule has 25 heavy (non-hydrogen) atoms. The van der Waals surface area contributed by atoms with Gasteiger partial charge in [0.05, 0.1) is 29.0 Å². The number of anilines is 2. The van der Waals surface area contributed by atoms with E-state index in [1.165, 1.54) is 18.8 Å². The molecule has 0 saturated heterocycles. The van der Waals surface area contributed by atoms with Crippen molar-refractivity contribution in [3.63, 3.8) is 0 Å². The van der Waals surface area contributed by atoms with E-state index in [0.717, 1.165) is 19.3 Å². The molecule has 0 aliphatic heterocycles. The van der Waals surface area contributed by atoms with E-state index < -0.39 is 11.8 Å². The fourth-order valence-electron chi connectivity index (χ4n) is 3.26. The lowest BCUT2D eigenvalue weighted by atomic mass is 9.79. The summed E-state index contributed by atoms with van der Waals surface area (Å²) in [7, 11) is 0. The van der Waals surface area contributed by atoms with Crippen LogP contribution in [-0.2, 0) is 9.59 Å². The van der Waals surface area contributed by atoms with Crippen LogP contribution in [0.1, 0.15) is 39.5 Å². The standard InChI is InChI=1S/C17H24N6O2/c1-3-7-23(10(2)11-5-4-6-11)17(25)16(24)21-13-9-19-15(18)12-8-20-22-14(12)13/h8-11H,3-7H2,1-2H3,(H2,18,19)(H,20,22)(H,21,24). The van der Waals surface area contributed by atoms with Crippen molar-refractivity contribution in [3.8, 4) is 0 Å². The topological polar surface area (TPSA) is 117 Å². The highest BCUT2D eigenvalue weighted by molar-refractivity contribution is 6.40. The molecule has 0 spiro atoms. The normalized spacial score (nSPS) is 15.6. The average Bonchev–Trinajstić information content (AvgIpc) is 3.03. The third-order valence-electron chi connectivity index (χ3n) is 5.01. The zero-order chi connectivity index (χ0) is 18.0. The summed E-state index contributed by atoms with van der Waals surface area (Å²) in [6.07, 6.45) is 7.21. The summed E-state index contributed by atoms with van der Waals surface area (Å²) in [6, 6.07) is 0.0728. The number of pyridine rings is 1. The number of nitrogens with one attached hydrogen (secondary N) is 2. The predicted octanol–water partition coefficient (Wildman–Crippen LogP) is 1.91. The largest absolute Gasteiger partial charge is 0.383 e. The van der Waals surface area contributed by atoms with Gasteiger partial charge in [-0.25, -0.2) is 4.98 Å². The van der Waals surface area contributed by atoms with E-state index in [4.69, 9.17) is 5.73 Å². The molecule has 2 heterocycles. The zero-order valence-corrected chi connectivity index (χ0v) is 14.6. The number of nitrogens with two attached hydrogens (primary N) is 1. The van der Waals surface area contributed by atoms with E-state index in [1.807, 2.05) is 13.8 Å². The summed E-state index contributed by atoms with van der Waals surface area (Å²) in [5, 5.41) is 9.95. The minimum absolute atomic E-state index is 0.0728. The molecule has 1 saturated carbocycles. The van der Waals surface area contributed by atoms with Crippen molar-refractivity contribution in [2.75, 3.05) is 17.6 Å². The molecule has 1 aliphatic rings. The first kappa shape index (κ1) is 17.2. The molecular weight excluding hydrogens is 320 g/mol. The van der Waals surface area contributed by atoms with E-state index in [0.29, 0.717) is 34.9 Å². The molecular formula is C17H24N6O2. The van der Waals surface area contributed by atoms with E-state index in [1.54, 1.807) is 4.90 Å². The van der Waals surface area contributed by atoms with Crippen molar-refractivity contribution in [3.05, 3.63) is 12.4 Å². The number of H-pyrrole nitrogens is 1. The number of aromatic amines is 1. The summed E-state index contributed by atoms with van der Waals surface area (Å²) < 4.78 is 0. The maximum absolute atomic E-state index is 12.7. The number of carbonyl (C=O) groups is 2. The molecule has 2 aromatic rings. The van der Waals surface area contributed by atoms with Crippen LogP contribution in [0.25, 0.3) is 10.9 Å². The van der Waals surface area contributed by atoms with Crippen molar-refractivity contribution in [1.82, 2.24) is 20.1 Å². The summed E-state index contributed by atoms with van der Waals surface area (Å²) in [5.41, 5.74) is 6.74. The minimum Gasteiger partial charge on any atom is -0.383 e. The molecule has 2 amide bonds. The van der Waals surface area contributed by atoms with Gasteiger partial charge < -0.3 is 16.0 Å². The Morgan fingerprint density at radius 3 is 2.84 bits per heavy atom. The Morgan fingerprint density at radius 1 is 1.44 bits per heavy atom. The van der Waals surface area contributed by atoms with Crippen LogP contribution in [0.4, 0.5) is 11.5 Å². The van der Waals surface area contributed by atoms with Gasteiger partial charge in [-0.2, -0.15) is 5.10 Å². The maximum Gasteiger partial charge on any atom is 0.314 e. The van der Waals surface area contributed by atoms with Crippen LogP contribution < -0.4 is 11.1 Å². The van der Waals surface area contributed by atoms with Crippen LogP contribution in [0.3, 0.4) is 0 Å². The second-order valence-electron chi connectivity index (χ2n) is 6.60. The predicted molar refractivity (Wildman–Crippen MR) is 95.7 cm³/mol. The molecule has 134 valence electrons. The number of aromatic nitrogens is 3. The van der Waals surface area contributed by atoms with Gasteiger partial charge in [0.25, 0.3) is 0 Å². The quantitative estimate of drug-likeness (QED) is 0.716. The van der Waals surface area contributed by atoms with Crippen molar-refractivity contribution in [2.45, 2.75) is 45.6 Å². The molecule has 4 N–H and O–H groups in total. The highest BCUT2D eigenvalue weighted by atomic mass is 16.2. The second-order valence-corrected chi connectivity index (χ2v) is 6.60. The molecule has 1 atom stereocenters. The number of hydrogen-bond donors (Lipinski definition) is 3. The number of amides is 2. The third-order valence-corrected chi connectivity index (χ3v) is 5.01. The van der Waals surface area contributed by atoms with Gasteiger partial charge >= 0.3 is 11.8 Å². The van der Waals surface area contributed by atoms with Gasteiger partial charge in [-0.05, 0) is 32.1 Å². The Balaban J connectivity index is 1.77. The Kier molecular flexibility index (Phi) is 4.87. The zero-order valence-electron chi connectivity index (χ0n) is 14.6. The molecule has 8 heteroatoms. The van der Waals surface area contributed by atoms with E-state index >= 15 is 0 Å². The lowest BCUT2D eigenvalue weighted by Gasteiger charge is -2.38. The summed E-state index contributed by atoms with van der Waals surface area (Å²) in [6.45, 7) is 4.61. The Bertz CT molecular complexity index is 783. The Hall–Kier alpha value is -2.64. The molecule has 0 radical (unpaired) electrons.